The summed E-state index contributed by atoms with van der Waals surface area (Å²) in [6.45, 7) is 0. The maximum atomic E-state index is 5.86. The van der Waals surface area contributed by atoms with E-state index in [4.69, 9.17) is 24.7 Å². The molecule has 7 heteroatoms. The molecule has 2 N–H and O–H groups in total. The molecule has 1 heterocycles. The topological polar surface area (TPSA) is 88.7 Å². The van der Waals surface area contributed by atoms with Crippen LogP contribution in [0.4, 0.5) is 5.69 Å². The third-order valence-electron chi connectivity index (χ3n) is 2.50. The summed E-state index contributed by atoms with van der Waals surface area (Å²) in [5, 5.41) is 0. The van der Waals surface area contributed by atoms with Crippen LogP contribution in [0.3, 0.4) is 0 Å². The molecule has 0 unspecified atom stereocenters. The molecule has 0 atom stereocenters. The van der Waals surface area contributed by atoms with Crippen LogP contribution in [0, 0.1) is 0 Å². The Morgan fingerprint density at radius 3 is 2.05 bits per heavy atom. The minimum Gasteiger partial charge on any atom is -0.497 e. The van der Waals surface area contributed by atoms with Gasteiger partial charge in [-0.15, -0.1) is 0 Å². The number of nitrogen functional groups attached to an aromatic ring is 1. The van der Waals surface area contributed by atoms with Gasteiger partial charge in [0.05, 0.1) is 33.1 Å². The Kier molecular flexibility index (Phi) is 4.09. The summed E-state index contributed by atoms with van der Waals surface area (Å²) < 4.78 is 20.7. The van der Waals surface area contributed by atoms with E-state index >= 15 is 0 Å². The number of hydrogen-bond acceptors (Lipinski definition) is 7. The Hall–Kier alpha value is -2.70. The van der Waals surface area contributed by atoms with Gasteiger partial charge in [0.2, 0.25) is 11.8 Å². The summed E-state index contributed by atoms with van der Waals surface area (Å²) in [5.74, 6) is 1.72. The van der Waals surface area contributed by atoms with Crippen molar-refractivity contribution in [3.8, 4) is 29.3 Å². The second kappa shape index (κ2) is 5.96. The van der Waals surface area contributed by atoms with Gasteiger partial charge in [0.25, 0.3) is 0 Å². The normalized spacial score (nSPS) is 9.95. The highest BCUT2D eigenvalue weighted by atomic mass is 16.5. The van der Waals surface area contributed by atoms with E-state index in [0.29, 0.717) is 28.9 Å². The summed E-state index contributed by atoms with van der Waals surface area (Å²) in [4.78, 5) is 8.11. The van der Waals surface area contributed by atoms with Crippen LogP contribution in [0.15, 0.2) is 24.3 Å². The number of anilines is 1. The Morgan fingerprint density at radius 1 is 0.900 bits per heavy atom. The third kappa shape index (κ3) is 3.00. The monoisotopic (exact) mass is 277 g/mol. The summed E-state index contributed by atoms with van der Waals surface area (Å²) in [6, 6.07) is 6.67. The summed E-state index contributed by atoms with van der Waals surface area (Å²) in [7, 11) is 4.55. The van der Waals surface area contributed by atoms with Crippen molar-refractivity contribution >= 4 is 5.69 Å². The van der Waals surface area contributed by atoms with Crippen molar-refractivity contribution in [2.75, 3.05) is 27.1 Å². The molecule has 2 aromatic rings. The first-order valence-corrected chi connectivity index (χ1v) is 5.74. The van der Waals surface area contributed by atoms with Crippen LogP contribution in [0.5, 0.6) is 29.3 Å². The first kappa shape index (κ1) is 13.7. The lowest BCUT2D eigenvalue weighted by Gasteiger charge is -2.10. The van der Waals surface area contributed by atoms with Crippen LogP contribution in [-0.2, 0) is 0 Å². The average Bonchev–Trinajstić information content (AvgIpc) is 2.48. The van der Waals surface area contributed by atoms with Crippen LogP contribution in [0.1, 0.15) is 0 Å². The highest BCUT2D eigenvalue weighted by molar-refractivity contribution is 5.56. The van der Waals surface area contributed by atoms with Crippen molar-refractivity contribution in [2.24, 2.45) is 0 Å². The molecule has 2 rings (SSSR count). The Bertz CT molecular complexity index is 582. The van der Waals surface area contributed by atoms with E-state index in [-0.39, 0.29) is 6.01 Å². The number of methoxy groups -OCH3 is 3. The molecule has 0 bridgehead atoms. The number of rotatable bonds is 5. The highest BCUT2D eigenvalue weighted by Gasteiger charge is 2.10. The lowest BCUT2D eigenvalue weighted by molar-refractivity contribution is 0.348. The maximum absolute atomic E-state index is 5.86. The van der Waals surface area contributed by atoms with Gasteiger partial charge in [-0.25, -0.2) is 0 Å². The lowest BCUT2D eigenvalue weighted by Crippen LogP contribution is -1.99. The van der Waals surface area contributed by atoms with Crippen molar-refractivity contribution in [3.05, 3.63) is 24.3 Å². The lowest BCUT2D eigenvalue weighted by atomic mass is 10.3. The fourth-order valence-corrected chi connectivity index (χ4v) is 1.48. The fourth-order valence-electron chi connectivity index (χ4n) is 1.48. The molecule has 0 fully saturated rings. The molecule has 0 radical (unpaired) electrons. The molecular weight excluding hydrogens is 262 g/mol. The zero-order valence-corrected chi connectivity index (χ0v) is 11.4. The van der Waals surface area contributed by atoms with E-state index in [2.05, 4.69) is 9.97 Å². The van der Waals surface area contributed by atoms with E-state index in [0.717, 1.165) is 0 Å². The molecule has 20 heavy (non-hydrogen) atoms. The van der Waals surface area contributed by atoms with Crippen molar-refractivity contribution in [3.63, 3.8) is 0 Å². The smallest absolute Gasteiger partial charge is 0.328 e. The van der Waals surface area contributed by atoms with Gasteiger partial charge in [-0.2, -0.15) is 9.97 Å². The average molecular weight is 277 g/mol. The maximum Gasteiger partial charge on any atom is 0.328 e. The number of hydrogen-bond donors (Lipinski definition) is 1. The molecule has 0 saturated heterocycles. The van der Waals surface area contributed by atoms with Crippen LogP contribution in [-0.4, -0.2) is 31.3 Å². The number of benzene rings is 1. The molecule has 1 aromatic heterocycles. The van der Waals surface area contributed by atoms with E-state index in [1.165, 1.54) is 14.2 Å². The zero-order chi connectivity index (χ0) is 14.5. The number of ether oxygens (including phenoxy) is 4. The molecule has 0 aliphatic carbocycles. The largest absolute Gasteiger partial charge is 0.497 e. The minimum absolute atomic E-state index is 0.0815. The molecule has 1 aromatic carbocycles. The number of nitrogens with zero attached hydrogens (tertiary/aromatic N) is 2. The van der Waals surface area contributed by atoms with E-state index in [1.807, 2.05) is 0 Å². The molecular formula is C13H15N3O4. The van der Waals surface area contributed by atoms with Gasteiger partial charge in [0.1, 0.15) is 5.75 Å². The minimum atomic E-state index is 0.0815. The summed E-state index contributed by atoms with van der Waals surface area (Å²) >= 11 is 0. The van der Waals surface area contributed by atoms with Gasteiger partial charge in [-0.05, 0) is 12.1 Å². The zero-order valence-electron chi connectivity index (χ0n) is 11.4. The van der Waals surface area contributed by atoms with Crippen LogP contribution >= 0.6 is 0 Å². The molecule has 0 aliphatic heterocycles. The fraction of sp³-hybridized carbons (Fsp3) is 0.231. The van der Waals surface area contributed by atoms with Crippen molar-refractivity contribution in [2.45, 2.75) is 0 Å². The number of nitrogens with two attached hydrogens (primary N) is 1. The number of aromatic nitrogens is 2. The predicted molar refractivity (Wildman–Crippen MR) is 72.6 cm³/mol. The van der Waals surface area contributed by atoms with E-state index in [1.54, 1.807) is 31.4 Å². The Balaban J connectivity index is 2.29. The first-order valence-electron chi connectivity index (χ1n) is 5.74. The first-order chi connectivity index (χ1) is 9.66. The second-order valence-corrected chi connectivity index (χ2v) is 3.74. The van der Waals surface area contributed by atoms with Gasteiger partial charge in [0.15, 0.2) is 5.75 Å². The van der Waals surface area contributed by atoms with Gasteiger partial charge < -0.3 is 24.7 Å². The van der Waals surface area contributed by atoms with Crippen molar-refractivity contribution < 1.29 is 18.9 Å². The molecule has 0 aliphatic rings. The quantitative estimate of drug-likeness (QED) is 0.834. The Morgan fingerprint density at radius 2 is 1.55 bits per heavy atom. The molecule has 106 valence electrons. The van der Waals surface area contributed by atoms with Crippen molar-refractivity contribution in [1.82, 2.24) is 9.97 Å². The Labute approximate surface area is 116 Å². The van der Waals surface area contributed by atoms with E-state index < -0.39 is 0 Å². The third-order valence-corrected chi connectivity index (χ3v) is 2.50. The van der Waals surface area contributed by atoms with Gasteiger partial charge in [-0.1, -0.05) is 0 Å². The van der Waals surface area contributed by atoms with Gasteiger partial charge >= 0.3 is 6.01 Å². The van der Waals surface area contributed by atoms with Gasteiger partial charge in [-0.3, -0.25) is 0 Å². The SMILES string of the molecule is COc1ccc(Oc2nc(OC)cc(OC)n2)c(N)c1. The summed E-state index contributed by atoms with van der Waals surface area (Å²) in [6.07, 6.45) is 0. The molecule has 0 amide bonds. The standard InChI is InChI=1S/C13H15N3O4/c1-17-8-4-5-10(9(14)6-8)20-13-15-11(18-2)7-12(16-13)19-3/h4-7H,14H2,1-3H3. The predicted octanol–water partition coefficient (Wildman–Crippen LogP) is 1.88. The summed E-state index contributed by atoms with van der Waals surface area (Å²) in [5.41, 5.74) is 6.27. The van der Waals surface area contributed by atoms with Gasteiger partial charge in [0, 0.05) is 6.07 Å². The van der Waals surface area contributed by atoms with Crippen LogP contribution < -0.4 is 24.7 Å². The van der Waals surface area contributed by atoms with Crippen molar-refractivity contribution in [1.29, 1.82) is 0 Å². The molecule has 7 nitrogen and oxygen atoms in total. The molecule has 0 saturated carbocycles. The highest BCUT2D eigenvalue weighted by Crippen LogP contribution is 2.30. The van der Waals surface area contributed by atoms with Crippen LogP contribution in [0.25, 0.3) is 0 Å². The van der Waals surface area contributed by atoms with Crippen LogP contribution in [0.2, 0.25) is 0 Å². The van der Waals surface area contributed by atoms with E-state index in [9.17, 15) is 0 Å². The second-order valence-electron chi connectivity index (χ2n) is 3.74. The molecule has 0 spiro atoms.